The highest BCUT2D eigenvalue weighted by atomic mass is 16.3. The van der Waals surface area contributed by atoms with Gasteiger partial charge in [-0.15, -0.1) is 0 Å². The number of aliphatic hydroxyl groups excluding tert-OH is 2. The molecule has 0 aliphatic heterocycles. The van der Waals surface area contributed by atoms with E-state index >= 15 is 0 Å². The smallest absolute Gasteiger partial charge is 0.0471 e. The summed E-state index contributed by atoms with van der Waals surface area (Å²) in [5.41, 5.74) is 3.10. The zero-order valence-electron chi connectivity index (χ0n) is 7.66. The van der Waals surface area contributed by atoms with Crippen molar-refractivity contribution in [1.82, 2.24) is 0 Å². The Morgan fingerprint density at radius 3 is 2.38 bits per heavy atom. The quantitative estimate of drug-likeness (QED) is 0.722. The molecule has 2 heteroatoms. The first kappa shape index (κ1) is 10.2. The SMILES string of the molecule is [CH2]c1cccc(CCO)c1CCO. The standard InChI is InChI=1S/C11H15O2/c1-9-3-2-4-10(5-7-12)11(9)6-8-13/h2-4,12-13H,1,5-8H2. The van der Waals surface area contributed by atoms with E-state index in [9.17, 15) is 0 Å². The first-order valence-electron chi connectivity index (χ1n) is 4.44. The van der Waals surface area contributed by atoms with E-state index in [-0.39, 0.29) is 13.2 Å². The van der Waals surface area contributed by atoms with Crippen LogP contribution in [0.25, 0.3) is 0 Å². The van der Waals surface area contributed by atoms with Crippen molar-refractivity contribution >= 4 is 0 Å². The number of hydrogen-bond donors (Lipinski definition) is 2. The van der Waals surface area contributed by atoms with E-state index in [1.54, 1.807) is 0 Å². The average molecular weight is 179 g/mol. The molecule has 0 amide bonds. The van der Waals surface area contributed by atoms with Crippen LogP contribution in [0.4, 0.5) is 0 Å². The van der Waals surface area contributed by atoms with Crippen molar-refractivity contribution < 1.29 is 10.2 Å². The van der Waals surface area contributed by atoms with Crippen LogP contribution in [0.15, 0.2) is 18.2 Å². The third-order valence-electron chi connectivity index (χ3n) is 2.11. The van der Waals surface area contributed by atoms with Gasteiger partial charge in [-0.05, 0) is 36.5 Å². The summed E-state index contributed by atoms with van der Waals surface area (Å²) in [7, 11) is 0. The monoisotopic (exact) mass is 179 g/mol. The van der Waals surface area contributed by atoms with Gasteiger partial charge in [0.15, 0.2) is 0 Å². The van der Waals surface area contributed by atoms with E-state index in [0.717, 1.165) is 16.7 Å². The summed E-state index contributed by atoms with van der Waals surface area (Å²) in [6.45, 7) is 4.16. The minimum absolute atomic E-state index is 0.130. The first-order valence-corrected chi connectivity index (χ1v) is 4.44. The Kier molecular flexibility index (Phi) is 3.93. The zero-order chi connectivity index (χ0) is 9.68. The summed E-state index contributed by atoms with van der Waals surface area (Å²) in [6.07, 6.45) is 1.26. The lowest BCUT2D eigenvalue weighted by molar-refractivity contribution is 0.293. The van der Waals surface area contributed by atoms with E-state index in [2.05, 4.69) is 6.92 Å². The Bertz CT molecular complexity index is 269. The Labute approximate surface area is 78.8 Å². The van der Waals surface area contributed by atoms with E-state index in [1.165, 1.54) is 0 Å². The molecule has 2 nitrogen and oxygen atoms in total. The molecule has 0 saturated carbocycles. The minimum Gasteiger partial charge on any atom is -0.396 e. The molecule has 1 aromatic rings. The van der Waals surface area contributed by atoms with Crippen molar-refractivity contribution in [2.75, 3.05) is 13.2 Å². The summed E-state index contributed by atoms with van der Waals surface area (Å²) in [5, 5.41) is 17.7. The molecule has 0 atom stereocenters. The van der Waals surface area contributed by atoms with Crippen molar-refractivity contribution in [3.05, 3.63) is 41.8 Å². The number of benzene rings is 1. The molecule has 0 bridgehead atoms. The van der Waals surface area contributed by atoms with Crippen molar-refractivity contribution in [2.45, 2.75) is 12.8 Å². The topological polar surface area (TPSA) is 40.5 Å². The van der Waals surface area contributed by atoms with E-state index in [1.807, 2.05) is 18.2 Å². The van der Waals surface area contributed by atoms with Gasteiger partial charge < -0.3 is 10.2 Å². The van der Waals surface area contributed by atoms with Gasteiger partial charge in [-0.1, -0.05) is 18.2 Å². The Balaban J connectivity index is 2.95. The Hall–Kier alpha value is -0.860. The van der Waals surface area contributed by atoms with Crippen LogP contribution in [0.1, 0.15) is 16.7 Å². The highest BCUT2D eigenvalue weighted by Gasteiger charge is 2.03. The van der Waals surface area contributed by atoms with Crippen LogP contribution in [-0.2, 0) is 12.8 Å². The fourth-order valence-electron chi connectivity index (χ4n) is 1.48. The molecular weight excluding hydrogens is 164 g/mol. The Morgan fingerprint density at radius 2 is 1.77 bits per heavy atom. The van der Waals surface area contributed by atoms with Gasteiger partial charge in [-0.3, -0.25) is 0 Å². The molecule has 0 aromatic heterocycles. The highest BCUT2D eigenvalue weighted by molar-refractivity contribution is 5.37. The molecule has 2 N–H and O–H groups in total. The van der Waals surface area contributed by atoms with Gasteiger partial charge in [0.25, 0.3) is 0 Å². The zero-order valence-corrected chi connectivity index (χ0v) is 7.66. The lowest BCUT2D eigenvalue weighted by Crippen LogP contribution is -2.02. The van der Waals surface area contributed by atoms with Crippen LogP contribution in [0.3, 0.4) is 0 Å². The molecule has 1 aromatic carbocycles. The van der Waals surface area contributed by atoms with Gasteiger partial charge in [-0.25, -0.2) is 0 Å². The number of hydrogen-bond acceptors (Lipinski definition) is 2. The fourth-order valence-corrected chi connectivity index (χ4v) is 1.48. The van der Waals surface area contributed by atoms with Crippen molar-refractivity contribution in [3.63, 3.8) is 0 Å². The molecule has 0 heterocycles. The van der Waals surface area contributed by atoms with Gasteiger partial charge in [0.05, 0.1) is 0 Å². The fraction of sp³-hybridized carbons (Fsp3) is 0.364. The predicted molar refractivity (Wildman–Crippen MR) is 52.5 cm³/mol. The van der Waals surface area contributed by atoms with Crippen LogP contribution in [0.5, 0.6) is 0 Å². The van der Waals surface area contributed by atoms with Crippen LogP contribution < -0.4 is 0 Å². The molecule has 0 unspecified atom stereocenters. The predicted octanol–water partition coefficient (Wildman–Crippen LogP) is 0.938. The van der Waals surface area contributed by atoms with Crippen LogP contribution in [-0.4, -0.2) is 23.4 Å². The van der Waals surface area contributed by atoms with Crippen molar-refractivity contribution in [2.24, 2.45) is 0 Å². The molecule has 0 spiro atoms. The minimum atomic E-state index is 0.130. The second kappa shape index (κ2) is 5.00. The van der Waals surface area contributed by atoms with Crippen LogP contribution in [0.2, 0.25) is 0 Å². The molecule has 0 aliphatic rings. The number of rotatable bonds is 4. The van der Waals surface area contributed by atoms with Gasteiger partial charge in [0, 0.05) is 13.2 Å². The largest absolute Gasteiger partial charge is 0.396 e. The van der Waals surface area contributed by atoms with Crippen molar-refractivity contribution in [1.29, 1.82) is 0 Å². The lowest BCUT2D eigenvalue weighted by Gasteiger charge is -2.09. The van der Waals surface area contributed by atoms with Gasteiger partial charge >= 0.3 is 0 Å². The van der Waals surface area contributed by atoms with Crippen LogP contribution in [0, 0.1) is 6.92 Å². The highest BCUT2D eigenvalue weighted by Crippen LogP contribution is 2.15. The second-order valence-electron chi connectivity index (χ2n) is 3.00. The average Bonchev–Trinajstić information content (AvgIpc) is 2.11. The number of aliphatic hydroxyl groups is 2. The van der Waals surface area contributed by atoms with Crippen molar-refractivity contribution in [3.8, 4) is 0 Å². The first-order chi connectivity index (χ1) is 6.29. The van der Waals surface area contributed by atoms with Gasteiger partial charge in [0.2, 0.25) is 0 Å². The maximum absolute atomic E-state index is 8.85. The van der Waals surface area contributed by atoms with E-state index < -0.39 is 0 Å². The molecule has 13 heavy (non-hydrogen) atoms. The van der Waals surface area contributed by atoms with E-state index in [0.29, 0.717) is 12.8 Å². The third-order valence-corrected chi connectivity index (χ3v) is 2.11. The normalized spacial score (nSPS) is 10.4. The summed E-state index contributed by atoms with van der Waals surface area (Å²) in [5.74, 6) is 0. The van der Waals surface area contributed by atoms with Gasteiger partial charge in [-0.2, -0.15) is 0 Å². The molecule has 1 radical (unpaired) electrons. The summed E-state index contributed by atoms with van der Waals surface area (Å²) in [4.78, 5) is 0. The van der Waals surface area contributed by atoms with E-state index in [4.69, 9.17) is 10.2 Å². The molecule has 0 fully saturated rings. The lowest BCUT2D eigenvalue weighted by atomic mass is 9.97. The second-order valence-corrected chi connectivity index (χ2v) is 3.00. The maximum Gasteiger partial charge on any atom is 0.0471 e. The molecule has 0 saturated heterocycles. The summed E-state index contributed by atoms with van der Waals surface area (Å²) in [6, 6.07) is 5.82. The molecule has 1 rings (SSSR count). The van der Waals surface area contributed by atoms with Gasteiger partial charge in [0.1, 0.15) is 0 Å². The molecule has 0 aliphatic carbocycles. The molecular formula is C11H15O2. The summed E-state index contributed by atoms with van der Waals surface area (Å²) >= 11 is 0. The van der Waals surface area contributed by atoms with Crippen LogP contribution >= 0.6 is 0 Å². The maximum atomic E-state index is 8.85. The summed E-state index contributed by atoms with van der Waals surface area (Å²) < 4.78 is 0. The Morgan fingerprint density at radius 1 is 1.08 bits per heavy atom. The third kappa shape index (κ3) is 2.54. The molecule has 71 valence electrons.